The molecule has 98 valence electrons. The molecular formula is C12H17N3O2S. The van der Waals surface area contributed by atoms with Crippen LogP contribution in [0.4, 0.5) is 0 Å². The van der Waals surface area contributed by atoms with E-state index in [2.05, 4.69) is 15.1 Å². The molecule has 6 heteroatoms. The molecule has 2 aliphatic heterocycles. The Labute approximate surface area is 111 Å². The molecule has 0 aromatic carbocycles. The highest BCUT2D eigenvalue weighted by Crippen LogP contribution is 2.70. The van der Waals surface area contributed by atoms with Crippen LogP contribution in [-0.2, 0) is 4.79 Å². The molecule has 5 fully saturated rings. The van der Waals surface area contributed by atoms with Gasteiger partial charge in [-0.05, 0) is 31.5 Å². The van der Waals surface area contributed by atoms with Gasteiger partial charge in [-0.1, -0.05) is 0 Å². The van der Waals surface area contributed by atoms with Gasteiger partial charge >= 0.3 is 5.97 Å². The number of rotatable bonds is 2. The fraction of sp³-hybridized carbons (Fsp3) is 0.833. The number of nitrogens with one attached hydrogen (secondary N) is 1. The molecule has 0 amide bonds. The van der Waals surface area contributed by atoms with Crippen LogP contribution >= 0.6 is 12.2 Å². The van der Waals surface area contributed by atoms with Gasteiger partial charge in [0.05, 0.1) is 11.5 Å². The van der Waals surface area contributed by atoms with Crippen molar-refractivity contribution < 1.29 is 9.90 Å². The third-order valence-electron chi connectivity index (χ3n) is 5.25. The molecule has 5 aliphatic rings. The van der Waals surface area contributed by atoms with E-state index < -0.39 is 11.4 Å². The zero-order valence-electron chi connectivity index (χ0n) is 10.2. The van der Waals surface area contributed by atoms with E-state index in [1.807, 2.05) is 0 Å². The molecule has 1 unspecified atom stereocenters. The summed E-state index contributed by atoms with van der Waals surface area (Å²) in [6, 6.07) is 0.487. The van der Waals surface area contributed by atoms with E-state index in [0.717, 1.165) is 50.6 Å². The van der Waals surface area contributed by atoms with Crippen molar-refractivity contribution >= 4 is 23.3 Å². The van der Waals surface area contributed by atoms with Gasteiger partial charge in [0.15, 0.2) is 5.11 Å². The topological polar surface area (TPSA) is 55.8 Å². The minimum atomic E-state index is -0.617. The summed E-state index contributed by atoms with van der Waals surface area (Å²) in [5.41, 5.74) is -0.316. The Morgan fingerprint density at radius 2 is 2.17 bits per heavy atom. The number of hydrogen-bond donors (Lipinski definition) is 2. The van der Waals surface area contributed by atoms with Crippen molar-refractivity contribution in [1.29, 1.82) is 0 Å². The van der Waals surface area contributed by atoms with Gasteiger partial charge < -0.3 is 20.2 Å². The first kappa shape index (κ1) is 11.0. The van der Waals surface area contributed by atoms with Gasteiger partial charge in [-0.3, -0.25) is 4.79 Å². The van der Waals surface area contributed by atoms with Crippen molar-refractivity contribution in [1.82, 2.24) is 15.1 Å². The molecule has 18 heavy (non-hydrogen) atoms. The first-order valence-electron chi connectivity index (χ1n) is 6.59. The number of hydrogen-bond acceptors (Lipinski definition) is 3. The normalized spacial score (nSPS) is 45.3. The van der Waals surface area contributed by atoms with Crippen LogP contribution in [-0.4, -0.2) is 63.7 Å². The zero-order valence-corrected chi connectivity index (χ0v) is 11.0. The van der Waals surface area contributed by atoms with E-state index >= 15 is 0 Å². The second-order valence-corrected chi connectivity index (χ2v) is 6.65. The lowest BCUT2D eigenvalue weighted by Crippen LogP contribution is -2.77. The molecular weight excluding hydrogens is 250 g/mol. The maximum absolute atomic E-state index is 11.2. The molecule has 1 atom stereocenters. The van der Waals surface area contributed by atoms with Crippen LogP contribution in [0.15, 0.2) is 0 Å². The van der Waals surface area contributed by atoms with Crippen molar-refractivity contribution in [2.75, 3.05) is 26.2 Å². The summed E-state index contributed by atoms with van der Waals surface area (Å²) in [5.74, 6) is -0.617. The molecule has 2 saturated heterocycles. The van der Waals surface area contributed by atoms with Crippen LogP contribution in [0.2, 0.25) is 0 Å². The maximum Gasteiger partial charge on any atom is 0.309 e. The first-order valence-corrected chi connectivity index (χ1v) is 7.00. The van der Waals surface area contributed by atoms with Gasteiger partial charge in [-0.25, -0.2) is 0 Å². The smallest absolute Gasteiger partial charge is 0.309 e. The summed E-state index contributed by atoms with van der Waals surface area (Å²) in [6.07, 6.45) is 2.39. The van der Waals surface area contributed by atoms with Crippen molar-refractivity contribution in [3.63, 3.8) is 0 Å². The lowest BCUT2D eigenvalue weighted by Gasteiger charge is -2.71. The van der Waals surface area contributed by atoms with Crippen LogP contribution in [0.25, 0.3) is 0 Å². The van der Waals surface area contributed by atoms with E-state index in [1.165, 1.54) is 0 Å². The number of aliphatic carboxylic acids is 1. The summed E-state index contributed by atoms with van der Waals surface area (Å²) >= 11 is 5.59. The second kappa shape index (κ2) is 3.17. The predicted molar refractivity (Wildman–Crippen MR) is 69.3 cm³/mol. The highest BCUT2D eigenvalue weighted by Gasteiger charge is 2.75. The fourth-order valence-corrected chi connectivity index (χ4v) is 4.77. The van der Waals surface area contributed by atoms with E-state index in [1.54, 1.807) is 0 Å². The number of carbonyl (C=O) groups is 1. The standard InChI is InChI=1S/C12H17N3O2S/c16-9(17)11-5-12(6-11,7-11)15-4-8-3-13-1-2-14(8)10(15)18/h8,13H,1-7H2,(H,16,17). The Morgan fingerprint density at radius 1 is 1.44 bits per heavy atom. The van der Waals surface area contributed by atoms with E-state index in [-0.39, 0.29) is 5.54 Å². The third-order valence-corrected chi connectivity index (χ3v) is 5.70. The molecule has 5 rings (SSSR count). The van der Waals surface area contributed by atoms with Gasteiger partial charge in [-0.15, -0.1) is 0 Å². The Kier molecular flexibility index (Phi) is 1.93. The molecule has 2 bridgehead atoms. The minimum Gasteiger partial charge on any atom is -0.481 e. The molecule has 0 radical (unpaired) electrons. The van der Waals surface area contributed by atoms with Crippen molar-refractivity contribution in [3.8, 4) is 0 Å². The predicted octanol–water partition coefficient (Wildman–Crippen LogP) is -0.132. The van der Waals surface area contributed by atoms with E-state index in [9.17, 15) is 9.90 Å². The summed E-state index contributed by atoms with van der Waals surface area (Å²) in [7, 11) is 0. The molecule has 0 aromatic heterocycles. The number of carboxylic acids is 1. The molecule has 0 aromatic rings. The molecule has 3 aliphatic carbocycles. The lowest BCUT2D eigenvalue weighted by molar-refractivity contribution is -0.217. The lowest BCUT2D eigenvalue weighted by atomic mass is 9.39. The van der Waals surface area contributed by atoms with Crippen LogP contribution in [0.1, 0.15) is 19.3 Å². The largest absolute Gasteiger partial charge is 0.481 e. The van der Waals surface area contributed by atoms with Gasteiger partial charge in [0, 0.05) is 31.7 Å². The maximum atomic E-state index is 11.2. The Hall–Kier alpha value is -0.880. The average molecular weight is 267 g/mol. The summed E-state index contributed by atoms with van der Waals surface area (Å²) < 4.78 is 0. The number of thiocarbonyl (C=S) groups is 1. The van der Waals surface area contributed by atoms with Crippen molar-refractivity contribution in [2.24, 2.45) is 5.41 Å². The fourth-order valence-electron chi connectivity index (χ4n) is 4.26. The van der Waals surface area contributed by atoms with Gasteiger partial charge in [0.1, 0.15) is 0 Å². The number of nitrogens with zero attached hydrogens (tertiary/aromatic N) is 2. The van der Waals surface area contributed by atoms with E-state index in [0.29, 0.717) is 6.04 Å². The minimum absolute atomic E-state index is 0.0901. The van der Waals surface area contributed by atoms with Gasteiger partial charge in [0.25, 0.3) is 0 Å². The quantitative estimate of drug-likeness (QED) is 0.680. The van der Waals surface area contributed by atoms with Gasteiger partial charge in [-0.2, -0.15) is 0 Å². The van der Waals surface area contributed by atoms with Gasteiger partial charge in [0.2, 0.25) is 0 Å². The average Bonchev–Trinajstić information content (AvgIpc) is 2.53. The zero-order chi connectivity index (χ0) is 12.5. The first-order chi connectivity index (χ1) is 8.56. The van der Waals surface area contributed by atoms with Crippen molar-refractivity contribution in [2.45, 2.75) is 30.8 Å². The SMILES string of the molecule is O=C(O)C12CC(N3CC4CNCCN4C3=S)(C1)C2. The Balaban J connectivity index is 1.52. The Morgan fingerprint density at radius 3 is 2.78 bits per heavy atom. The van der Waals surface area contributed by atoms with Crippen LogP contribution in [0.5, 0.6) is 0 Å². The molecule has 2 heterocycles. The molecule has 3 saturated carbocycles. The third kappa shape index (κ3) is 1.11. The number of piperazine rings is 1. The monoisotopic (exact) mass is 267 g/mol. The Bertz CT molecular complexity index is 433. The summed E-state index contributed by atoms with van der Waals surface area (Å²) in [5, 5.41) is 13.5. The number of carboxylic acid groups (broad SMARTS) is 1. The van der Waals surface area contributed by atoms with Crippen LogP contribution in [0, 0.1) is 5.41 Å². The summed E-state index contributed by atoms with van der Waals surface area (Å²) in [6.45, 7) is 3.95. The van der Waals surface area contributed by atoms with Crippen molar-refractivity contribution in [3.05, 3.63) is 0 Å². The van der Waals surface area contributed by atoms with Crippen LogP contribution < -0.4 is 5.32 Å². The highest BCUT2D eigenvalue weighted by molar-refractivity contribution is 7.80. The molecule has 0 spiro atoms. The molecule has 2 N–H and O–H groups in total. The second-order valence-electron chi connectivity index (χ2n) is 6.28. The molecule has 5 nitrogen and oxygen atoms in total. The van der Waals surface area contributed by atoms with Crippen LogP contribution in [0.3, 0.4) is 0 Å². The van der Waals surface area contributed by atoms with E-state index in [4.69, 9.17) is 12.2 Å². The highest BCUT2D eigenvalue weighted by atomic mass is 32.1. The summed E-state index contributed by atoms with van der Waals surface area (Å²) in [4.78, 5) is 15.8. The number of fused-ring (bicyclic) bond motifs is 1.